The van der Waals surface area contributed by atoms with Crippen molar-refractivity contribution in [2.45, 2.75) is 86.8 Å². The van der Waals surface area contributed by atoms with E-state index in [1.165, 1.54) is 35.9 Å². The minimum absolute atomic E-state index is 0.108. The van der Waals surface area contributed by atoms with Gasteiger partial charge in [0.05, 0.1) is 15.2 Å². The van der Waals surface area contributed by atoms with Crippen LogP contribution in [0.4, 0.5) is 11.4 Å². The van der Waals surface area contributed by atoms with E-state index in [0.717, 1.165) is 58.1 Å². The fourth-order valence-corrected chi connectivity index (χ4v) is 9.52. The molecule has 0 saturated carbocycles. The molecule has 4 aliphatic rings. The molecule has 0 saturated heterocycles. The Labute approximate surface area is 382 Å². The molecule has 1 aliphatic carbocycles. The molecule has 0 spiro atoms. The zero-order valence-electron chi connectivity index (χ0n) is 37.0. The van der Waals surface area contributed by atoms with Gasteiger partial charge in [-0.3, -0.25) is 28.4 Å². The van der Waals surface area contributed by atoms with Gasteiger partial charge in [-0.2, -0.15) is 21.4 Å². The van der Waals surface area contributed by atoms with Crippen LogP contribution in [0.5, 0.6) is 0 Å². The van der Waals surface area contributed by atoms with Gasteiger partial charge in [-0.25, -0.2) is 0 Å². The van der Waals surface area contributed by atoms with Crippen LogP contribution in [0.15, 0.2) is 143 Å². The van der Waals surface area contributed by atoms with Crippen molar-refractivity contribution in [3.8, 4) is 11.8 Å². The zero-order chi connectivity index (χ0) is 47.0. The second-order valence-corrected chi connectivity index (χ2v) is 19.9. The fraction of sp³-hybridized carbons (Fsp3) is 0.320. The molecule has 340 valence electrons. The van der Waals surface area contributed by atoms with Gasteiger partial charge in [-0.1, -0.05) is 80.7 Å². The average molecular weight is 920 g/mol. The number of amides is 3. The van der Waals surface area contributed by atoms with Crippen LogP contribution in [0.25, 0.3) is 0 Å². The Bertz CT molecular complexity index is 2810. The fourth-order valence-electron chi connectivity index (χ4n) is 8.51. The van der Waals surface area contributed by atoms with Crippen molar-refractivity contribution >= 4 is 55.0 Å². The van der Waals surface area contributed by atoms with E-state index in [1.807, 2.05) is 76.3 Å². The second kappa shape index (κ2) is 20.3. The predicted octanol–water partition coefficient (Wildman–Crippen LogP) is 7.34. The molecule has 0 unspecified atom stereocenters. The van der Waals surface area contributed by atoms with Crippen LogP contribution in [0.1, 0.15) is 77.3 Å². The summed E-state index contributed by atoms with van der Waals surface area (Å²) in [5.41, 5.74) is 4.97. The van der Waals surface area contributed by atoms with Crippen molar-refractivity contribution < 1.29 is 44.9 Å². The molecular weight excluding hydrogens is 865 g/mol. The van der Waals surface area contributed by atoms with Crippen molar-refractivity contribution in [1.82, 2.24) is 10.2 Å². The van der Waals surface area contributed by atoms with Gasteiger partial charge in [-0.15, -0.1) is 0 Å². The summed E-state index contributed by atoms with van der Waals surface area (Å²) in [4.78, 5) is 38.8. The lowest BCUT2D eigenvalue weighted by Crippen LogP contribution is -2.38. The smallest absolute Gasteiger partial charge is 0.294 e. The summed E-state index contributed by atoms with van der Waals surface area (Å²) in [7, 11) is -8.85. The van der Waals surface area contributed by atoms with Gasteiger partial charge in [0.1, 0.15) is 6.54 Å². The molecule has 13 nitrogen and oxygen atoms in total. The molecule has 6 rings (SSSR count). The number of rotatable bonds is 17. The van der Waals surface area contributed by atoms with Crippen molar-refractivity contribution in [2.24, 2.45) is 0 Å². The highest BCUT2D eigenvalue weighted by Gasteiger charge is 2.45. The SMILES string of the molecule is CC1(C)C(/C=C/C#C/C=C/C=C2/N(CCCCCC(=O)NCCN3C(=O)C=CC3=O)c3ccc(S(=O)(=O)O)cc3C2(C)C)=[N+](CCCC2=C/C=C\C=C/C=C\2)c2ccc(S(=O)(=O)O)cc21. The largest absolute Gasteiger partial charge is 0.354 e. The predicted molar refractivity (Wildman–Crippen MR) is 252 cm³/mol. The molecule has 2 aromatic rings. The normalized spacial score (nSPS) is 20.4. The quantitative estimate of drug-likeness (QED) is 0.0478. The van der Waals surface area contributed by atoms with Crippen LogP contribution in [0.2, 0.25) is 0 Å². The number of nitrogens with zero attached hydrogens (tertiary/aromatic N) is 3. The molecule has 15 heteroatoms. The molecule has 3 N–H and O–H groups in total. The Morgan fingerprint density at radius 3 is 2.14 bits per heavy atom. The Morgan fingerprint density at radius 1 is 0.754 bits per heavy atom. The van der Waals surface area contributed by atoms with Crippen LogP contribution in [-0.4, -0.2) is 85.0 Å². The Kier molecular flexibility index (Phi) is 15.1. The van der Waals surface area contributed by atoms with E-state index in [-0.39, 0.29) is 35.2 Å². The number of unbranched alkanes of at least 4 members (excludes halogenated alkanes) is 2. The maximum Gasteiger partial charge on any atom is 0.294 e. The van der Waals surface area contributed by atoms with Crippen molar-refractivity contribution in [3.05, 3.63) is 144 Å². The summed E-state index contributed by atoms with van der Waals surface area (Å²) in [6.07, 6.45) is 29.8. The number of hydrogen-bond acceptors (Lipinski definition) is 8. The van der Waals surface area contributed by atoms with Gasteiger partial charge in [0.2, 0.25) is 11.6 Å². The standard InChI is InChI=1S/C50H54N4O9S2/c1-49(2)40-35-38(64(58,59)60)25-27-42(40)52(32-17-11-16-24-46(55)51-31-34-54-47(56)29-30-48(54)57)44(49)22-14-9-6-10-15-23-45-50(3,4)41-36-39(65(61,62)63)26-28-43(41)53(45)33-18-21-37-19-12-7-5-8-13-20-37/h5,7-9,12-15,19-20,22-23,25-30,35-36H,11,16-18,21,24,31-34H2,1-4H3,(H2-,51,55,58,59,60,61,62,63)/p+1/b7-5-,8-5?,12-7?,13-8-,19-12-,20-13?,37-19?,37-20+. The Balaban J connectivity index is 1.15. The minimum atomic E-state index is -4.44. The first-order valence-corrected chi connectivity index (χ1v) is 24.4. The molecule has 0 aromatic heterocycles. The monoisotopic (exact) mass is 919 g/mol. The van der Waals surface area contributed by atoms with Crippen LogP contribution in [-0.2, 0) is 45.4 Å². The highest BCUT2D eigenvalue weighted by Crippen LogP contribution is 2.48. The van der Waals surface area contributed by atoms with Gasteiger partial charge in [0.15, 0.2) is 5.71 Å². The molecule has 0 bridgehead atoms. The zero-order valence-corrected chi connectivity index (χ0v) is 38.7. The van der Waals surface area contributed by atoms with Crippen LogP contribution < -0.4 is 10.2 Å². The van der Waals surface area contributed by atoms with E-state index in [9.17, 15) is 40.3 Å². The van der Waals surface area contributed by atoms with Gasteiger partial charge in [-0.05, 0) is 92.8 Å². The highest BCUT2D eigenvalue weighted by atomic mass is 32.2. The van der Waals surface area contributed by atoms with Crippen LogP contribution in [0.3, 0.4) is 0 Å². The number of nitrogens with one attached hydrogen (secondary N) is 1. The second-order valence-electron chi connectivity index (χ2n) is 17.1. The van der Waals surface area contributed by atoms with Gasteiger partial charge < -0.3 is 10.2 Å². The summed E-state index contributed by atoms with van der Waals surface area (Å²) < 4.78 is 70.4. The van der Waals surface area contributed by atoms with Crippen LogP contribution >= 0.6 is 0 Å². The highest BCUT2D eigenvalue weighted by molar-refractivity contribution is 7.86. The van der Waals surface area contributed by atoms with E-state index < -0.39 is 42.9 Å². The van der Waals surface area contributed by atoms with Gasteiger partial charge >= 0.3 is 0 Å². The molecule has 65 heavy (non-hydrogen) atoms. The van der Waals surface area contributed by atoms with Gasteiger partial charge in [0.25, 0.3) is 32.1 Å². The summed E-state index contributed by atoms with van der Waals surface area (Å²) >= 11 is 0. The summed E-state index contributed by atoms with van der Waals surface area (Å²) in [5.74, 6) is 5.22. The summed E-state index contributed by atoms with van der Waals surface area (Å²) in [6.45, 7) is 9.53. The lowest BCUT2D eigenvalue weighted by Gasteiger charge is -2.27. The minimum Gasteiger partial charge on any atom is -0.354 e. The molecule has 2 aromatic carbocycles. The van der Waals surface area contributed by atoms with Crippen molar-refractivity contribution in [3.63, 3.8) is 0 Å². The number of imide groups is 1. The molecule has 3 heterocycles. The third-order valence-corrected chi connectivity index (χ3v) is 13.6. The number of hydrogen-bond donors (Lipinski definition) is 3. The first-order chi connectivity index (χ1) is 30.8. The Hall–Kier alpha value is -6.18. The molecule has 0 atom stereocenters. The average Bonchev–Trinajstić information content (AvgIpc) is 3.74. The third kappa shape index (κ3) is 11.6. The maximum atomic E-state index is 12.5. The Morgan fingerprint density at radius 2 is 1.42 bits per heavy atom. The van der Waals surface area contributed by atoms with Crippen molar-refractivity contribution in [2.75, 3.05) is 31.1 Å². The number of fused-ring (bicyclic) bond motifs is 2. The maximum absolute atomic E-state index is 12.5. The molecular formula is C50H55N4O9S2+. The molecule has 0 radical (unpaired) electrons. The summed E-state index contributed by atoms with van der Waals surface area (Å²) in [6, 6.07) is 9.30. The first kappa shape index (κ1) is 48.3. The van der Waals surface area contributed by atoms with E-state index in [0.29, 0.717) is 25.9 Å². The topological polar surface area (TPSA) is 181 Å². The molecule has 3 aliphatic heterocycles. The van der Waals surface area contributed by atoms with E-state index in [2.05, 4.69) is 38.8 Å². The van der Waals surface area contributed by atoms with E-state index in [4.69, 9.17) is 0 Å². The lowest BCUT2D eigenvalue weighted by atomic mass is 9.81. The summed E-state index contributed by atoms with van der Waals surface area (Å²) in [5, 5.41) is 2.76. The molecule has 3 amide bonds. The van der Waals surface area contributed by atoms with E-state index in [1.54, 1.807) is 30.4 Å². The lowest BCUT2D eigenvalue weighted by molar-refractivity contribution is -0.438. The van der Waals surface area contributed by atoms with E-state index >= 15 is 0 Å². The van der Waals surface area contributed by atoms with Crippen molar-refractivity contribution in [1.29, 1.82) is 0 Å². The number of anilines is 1. The number of carbonyl (C=O) groups is 3. The van der Waals surface area contributed by atoms with Gasteiger partial charge in [0, 0.05) is 79.1 Å². The third-order valence-electron chi connectivity index (χ3n) is 11.9. The number of allylic oxidation sites excluding steroid dienone is 14. The van der Waals surface area contributed by atoms with Crippen LogP contribution in [0, 0.1) is 11.8 Å². The number of carbonyl (C=O) groups excluding carboxylic acids is 3. The number of benzene rings is 2. The first-order valence-electron chi connectivity index (χ1n) is 21.5. The molecule has 0 fully saturated rings.